The van der Waals surface area contributed by atoms with Gasteiger partial charge in [0.05, 0.1) is 0 Å². The molecule has 0 bridgehead atoms. The number of ether oxygens (including phenoxy) is 2. The number of halogens is 1. The lowest BCUT2D eigenvalue weighted by Crippen LogP contribution is -1.99. The highest BCUT2D eigenvalue weighted by atomic mass is 35.5. The van der Waals surface area contributed by atoms with Crippen LogP contribution in [-0.2, 0) is 6.61 Å². The zero-order valence-electron chi connectivity index (χ0n) is 13.9. The van der Waals surface area contributed by atoms with E-state index in [1.54, 1.807) is 18.2 Å². The summed E-state index contributed by atoms with van der Waals surface area (Å²) in [6, 6.07) is 22.8. The largest absolute Gasteiger partial charge is 0.488 e. The van der Waals surface area contributed by atoms with Crippen LogP contribution in [0.15, 0.2) is 78.6 Å². The first-order valence-electron chi connectivity index (χ1n) is 8.33. The van der Waals surface area contributed by atoms with Gasteiger partial charge in [0.15, 0.2) is 0 Å². The molecule has 4 rings (SSSR count). The number of para-hydroxylation sites is 1. The van der Waals surface area contributed by atoms with Gasteiger partial charge in [-0.1, -0.05) is 60.1 Å². The molecule has 1 atom stereocenters. The lowest BCUT2D eigenvalue weighted by Gasteiger charge is -2.11. The second-order valence-electron chi connectivity index (χ2n) is 6.05. The summed E-state index contributed by atoms with van der Waals surface area (Å²) < 4.78 is 11.8. The van der Waals surface area contributed by atoms with E-state index in [9.17, 15) is 5.11 Å². The smallest absolute Gasteiger partial charge is 0.140 e. The minimum Gasteiger partial charge on any atom is -0.488 e. The Bertz CT molecular complexity index is 951. The number of aliphatic hydroxyl groups is 1. The Morgan fingerprint density at radius 1 is 1.00 bits per heavy atom. The summed E-state index contributed by atoms with van der Waals surface area (Å²) in [7, 11) is 0. The quantitative estimate of drug-likeness (QED) is 0.675. The van der Waals surface area contributed by atoms with Crippen LogP contribution in [0.3, 0.4) is 0 Å². The van der Waals surface area contributed by atoms with Crippen molar-refractivity contribution in [3.8, 4) is 11.5 Å². The van der Waals surface area contributed by atoms with Crippen molar-refractivity contribution >= 4 is 17.7 Å². The fourth-order valence-electron chi connectivity index (χ4n) is 2.90. The van der Waals surface area contributed by atoms with Crippen LogP contribution in [0.4, 0.5) is 0 Å². The summed E-state index contributed by atoms with van der Waals surface area (Å²) in [5.74, 6) is 1.80. The number of hydrogen-bond donors (Lipinski definition) is 1. The molecule has 1 heterocycles. The summed E-state index contributed by atoms with van der Waals surface area (Å²) in [5.41, 5.74) is 2.59. The molecule has 0 aliphatic carbocycles. The van der Waals surface area contributed by atoms with Crippen molar-refractivity contribution in [1.82, 2.24) is 0 Å². The summed E-state index contributed by atoms with van der Waals surface area (Å²) in [4.78, 5) is 0. The summed E-state index contributed by atoms with van der Waals surface area (Å²) in [5, 5.41) is 11.1. The fourth-order valence-corrected chi connectivity index (χ4v) is 3.08. The number of aliphatic hydroxyl groups excluding tert-OH is 1. The minimum atomic E-state index is -0.799. The third-order valence-corrected chi connectivity index (χ3v) is 4.45. The molecule has 0 amide bonds. The van der Waals surface area contributed by atoms with Gasteiger partial charge in [-0.25, -0.2) is 0 Å². The van der Waals surface area contributed by atoms with Gasteiger partial charge in [0.25, 0.3) is 0 Å². The Balaban J connectivity index is 1.61. The van der Waals surface area contributed by atoms with Crippen LogP contribution in [0.25, 0.3) is 6.08 Å². The van der Waals surface area contributed by atoms with Gasteiger partial charge in [-0.3, -0.25) is 0 Å². The SMILES string of the molecule is O[C@H]1/C(=C/c2cc(Cl)ccc2OCc2ccccc2)Oc2ccccc21. The van der Waals surface area contributed by atoms with Crippen LogP contribution in [0.1, 0.15) is 22.8 Å². The molecule has 3 nitrogen and oxygen atoms in total. The van der Waals surface area contributed by atoms with Gasteiger partial charge in [0.2, 0.25) is 0 Å². The lowest BCUT2D eigenvalue weighted by molar-refractivity contribution is 0.193. The maximum atomic E-state index is 10.5. The molecular weight excluding hydrogens is 348 g/mol. The molecule has 0 spiro atoms. The van der Waals surface area contributed by atoms with E-state index in [0.717, 1.165) is 16.7 Å². The molecule has 0 unspecified atom stereocenters. The highest BCUT2D eigenvalue weighted by Gasteiger charge is 2.27. The van der Waals surface area contributed by atoms with Crippen LogP contribution in [0.5, 0.6) is 11.5 Å². The molecule has 0 radical (unpaired) electrons. The van der Waals surface area contributed by atoms with Crippen LogP contribution in [0.2, 0.25) is 5.02 Å². The molecule has 0 saturated heterocycles. The number of benzene rings is 3. The average molecular weight is 365 g/mol. The first-order valence-corrected chi connectivity index (χ1v) is 8.71. The van der Waals surface area contributed by atoms with Crippen molar-refractivity contribution in [3.63, 3.8) is 0 Å². The van der Waals surface area contributed by atoms with Gasteiger partial charge in [0, 0.05) is 16.1 Å². The van der Waals surface area contributed by atoms with Crippen molar-refractivity contribution < 1.29 is 14.6 Å². The van der Waals surface area contributed by atoms with Crippen LogP contribution < -0.4 is 9.47 Å². The Morgan fingerprint density at radius 2 is 1.77 bits per heavy atom. The van der Waals surface area contributed by atoms with Gasteiger partial charge in [0.1, 0.15) is 30.0 Å². The molecule has 3 aromatic rings. The highest BCUT2D eigenvalue weighted by Crippen LogP contribution is 2.40. The van der Waals surface area contributed by atoms with Crippen molar-refractivity contribution in [2.24, 2.45) is 0 Å². The molecule has 0 aromatic heterocycles. The fraction of sp³-hybridized carbons (Fsp3) is 0.0909. The van der Waals surface area contributed by atoms with Crippen LogP contribution >= 0.6 is 11.6 Å². The first kappa shape index (κ1) is 16.7. The highest BCUT2D eigenvalue weighted by molar-refractivity contribution is 6.30. The van der Waals surface area contributed by atoms with Crippen molar-refractivity contribution in [1.29, 1.82) is 0 Å². The normalized spacial score (nSPS) is 17.0. The molecule has 130 valence electrons. The monoisotopic (exact) mass is 364 g/mol. The molecule has 26 heavy (non-hydrogen) atoms. The Morgan fingerprint density at radius 3 is 2.58 bits per heavy atom. The van der Waals surface area contributed by atoms with E-state index >= 15 is 0 Å². The van der Waals surface area contributed by atoms with Crippen LogP contribution in [-0.4, -0.2) is 5.11 Å². The third kappa shape index (κ3) is 3.45. The summed E-state index contributed by atoms with van der Waals surface area (Å²) >= 11 is 6.16. The van der Waals surface area contributed by atoms with Gasteiger partial charge < -0.3 is 14.6 Å². The van der Waals surface area contributed by atoms with E-state index in [-0.39, 0.29) is 0 Å². The van der Waals surface area contributed by atoms with Crippen molar-refractivity contribution in [2.45, 2.75) is 12.7 Å². The second kappa shape index (κ2) is 7.24. The number of fused-ring (bicyclic) bond motifs is 1. The topological polar surface area (TPSA) is 38.7 Å². The van der Waals surface area contributed by atoms with E-state index in [2.05, 4.69) is 0 Å². The predicted molar refractivity (Wildman–Crippen MR) is 102 cm³/mol. The second-order valence-corrected chi connectivity index (χ2v) is 6.48. The molecule has 1 aliphatic rings. The molecule has 0 fully saturated rings. The molecule has 1 aliphatic heterocycles. The standard InChI is InChI=1S/C22H17ClO3/c23-17-10-11-19(25-14-15-6-2-1-3-7-15)16(12-17)13-21-22(24)18-8-4-5-9-20(18)26-21/h1-13,22,24H,14H2/b21-13-/t22-/m1/s1. The lowest BCUT2D eigenvalue weighted by atomic mass is 10.1. The van der Waals surface area contributed by atoms with E-state index < -0.39 is 6.10 Å². The average Bonchev–Trinajstić information content (AvgIpc) is 2.98. The predicted octanol–water partition coefficient (Wildman–Crippen LogP) is 5.39. The Labute approximate surface area is 157 Å². The first-order chi connectivity index (χ1) is 12.7. The van der Waals surface area contributed by atoms with E-state index in [1.807, 2.05) is 60.7 Å². The number of rotatable bonds is 4. The van der Waals surface area contributed by atoms with Gasteiger partial charge in [-0.15, -0.1) is 0 Å². The summed E-state index contributed by atoms with van der Waals surface area (Å²) in [6.07, 6.45) is 0.976. The van der Waals surface area contributed by atoms with Crippen LogP contribution in [0, 0.1) is 0 Å². The molecule has 4 heteroatoms. The molecule has 1 N–H and O–H groups in total. The zero-order chi connectivity index (χ0) is 17.9. The zero-order valence-corrected chi connectivity index (χ0v) is 14.7. The minimum absolute atomic E-state index is 0.447. The maximum Gasteiger partial charge on any atom is 0.140 e. The summed E-state index contributed by atoms with van der Waals surface area (Å²) in [6.45, 7) is 0.447. The number of hydrogen-bond acceptors (Lipinski definition) is 3. The Hall–Kier alpha value is -2.75. The molecular formula is C22H17ClO3. The van der Waals surface area contributed by atoms with Gasteiger partial charge in [-0.2, -0.15) is 0 Å². The van der Waals surface area contributed by atoms with Gasteiger partial charge in [-0.05, 0) is 35.9 Å². The van der Waals surface area contributed by atoms with E-state index in [4.69, 9.17) is 21.1 Å². The Kier molecular flexibility index (Phi) is 4.65. The third-order valence-electron chi connectivity index (χ3n) is 4.22. The molecule has 0 saturated carbocycles. The maximum absolute atomic E-state index is 10.5. The van der Waals surface area contributed by atoms with E-state index in [0.29, 0.717) is 28.9 Å². The van der Waals surface area contributed by atoms with Crippen molar-refractivity contribution in [3.05, 3.63) is 100 Å². The molecule has 3 aromatic carbocycles. The van der Waals surface area contributed by atoms with E-state index in [1.165, 1.54) is 0 Å². The van der Waals surface area contributed by atoms with Crippen molar-refractivity contribution in [2.75, 3.05) is 0 Å². The van der Waals surface area contributed by atoms with Gasteiger partial charge >= 0.3 is 0 Å².